The number of carbonyl (C=O) groups is 3. The summed E-state index contributed by atoms with van der Waals surface area (Å²) in [5, 5.41) is 8.17. The lowest BCUT2D eigenvalue weighted by Gasteiger charge is -2.36. The van der Waals surface area contributed by atoms with Gasteiger partial charge in [-0.15, -0.1) is 0 Å². The first-order chi connectivity index (χ1) is 16.8. The van der Waals surface area contributed by atoms with Crippen molar-refractivity contribution < 1.29 is 18.8 Å². The molecule has 1 heterocycles. The number of para-hydroxylation sites is 1. The largest absolute Gasteiger partial charge is 0.368 e. The predicted octanol–water partition coefficient (Wildman–Crippen LogP) is 3.56. The minimum absolute atomic E-state index is 0.0395. The number of halogens is 1. The lowest BCUT2D eigenvalue weighted by molar-refractivity contribution is -0.117. The third-order valence-electron chi connectivity index (χ3n) is 5.72. The molecule has 0 spiro atoms. The average Bonchev–Trinajstić information content (AvgIpc) is 2.84. The number of piperazine rings is 1. The van der Waals surface area contributed by atoms with Gasteiger partial charge in [0.05, 0.1) is 5.69 Å². The van der Waals surface area contributed by atoms with Crippen molar-refractivity contribution in [3.8, 4) is 0 Å². The second-order valence-electron chi connectivity index (χ2n) is 8.54. The fourth-order valence-corrected chi connectivity index (χ4v) is 3.78. The summed E-state index contributed by atoms with van der Waals surface area (Å²) in [6.07, 6.45) is 0. The Kier molecular flexibility index (Phi) is 8.88. The zero-order chi connectivity index (χ0) is 25.4. The average molecular weight is 485 g/mol. The Morgan fingerprint density at radius 3 is 2.23 bits per heavy atom. The van der Waals surface area contributed by atoms with E-state index in [1.807, 2.05) is 45.0 Å². The van der Waals surface area contributed by atoms with Crippen LogP contribution in [0.15, 0.2) is 48.5 Å². The van der Waals surface area contributed by atoms with E-state index in [4.69, 9.17) is 0 Å². The van der Waals surface area contributed by atoms with Crippen LogP contribution in [0.1, 0.15) is 20.8 Å². The van der Waals surface area contributed by atoms with Crippen molar-refractivity contribution in [2.24, 2.45) is 0 Å². The molecule has 1 saturated heterocycles. The van der Waals surface area contributed by atoms with Crippen molar-refractivity contribution in [2.45, 2.75) is 26.8 Å². The molecule has 0 atom stereocenters. The topological polar surface area (TPSA) is 97.0 Å². The summed E-state index contributed by atoms with van der Waals surface area (Å²) in [4.78, 5) is 42.4. The first kappa shape index (κ1) is 25.8. The summed E-state index contributed by atoms with van der Waals surface area (Å²) in [5.74, 6) is -0.736. The lowest BCUT2D eigenvalue weighted by Crippen LogP contribution is -2.50. The highest BCUT2D eigenvalue weighted by Gasteiger charge is 2.22. The van der Waals surface area contributed by atoms with E-state index in [0.29, 0.717) is 38.4 Å². The fraction of sp³-hybridized carbons (Fsp3) is 0.400. The number of amides is 5. The molecule has 35 heavy (non-hydrogen) atoms. The normalized spacial score (nSPS) is 13.4. The Hall–Kier alpha value is -3.82. The van der Waals surface area contributed by atoms with E-state index in [0.717, 1.165) is 5.69 Å². The summed E-state index contributed by atoms with van der Waals surface area (Å²) >= 11 is 0. The summed E-state index contributed by atoms with van der Waals surface area (Å²) < 4.78 is 13.8. The van der Waals surface area contributed by atoms with E-state index in [1.165, 1.54) is 17.0 Å². The van der Waals surface area contributed by atoms with Crippen molar-refractivity contribution in [2.75, 3.05) is 54.8 Å². The van der Waals surface area contributed by atoms with Crippen LogP contribution >= 0.6 is 0 Å². The molecular weight excluding hydrogens is 451 g/mol. The predicted molar refractivity (Wildman–Crippen MR) is 135 cm³/mol. The van der Waals surface area contributed by atoms with E-state index >= 15 is 0 Å². The number of anilines is 3. The van der Waals surface area contributed by atoms with Gasteiger partial charge in [-0.1, -0.05) is 12.1 Å². The Balaban J connectivity index is 1.49. The van der Waals surface area contributed by atoms with Gasteiger partial charge in [0.15, 0.2) is 0 Å². The monoisotopic (exact) mass is 484 g/mol. The van der Waals surface area contributed by atoms with E-state index in [9.17, 15) is 18.8 Å². The van der Waals surface area contributed by atoms with Gasteiger partial charge in [-0.2, -0.15) is 0 Å². The molecule has 3 N–H and O–H groups in total. The highest BCUT2D eigenvalue weighted by Crippen LogP contribution is 2.20. The Morgan fingerprint density at radius 2 is 1.63 bits per heavy atom. The number of nitrogens with zero attached hydrogens (tertiary/aromatic N) is 3. The third-order valence-corrected chi connectivity index (χ3v) is 5.72. The molecule has 188 valence electrons. The first-order valence-corrected chi connectivity index (χ1v) is 11.8. The molecule has 10 heteroatoms. The number of nitrogens with one attached hydrogen (secondary N) is 3. The van der Waals surface area contributed by atoms with Crippen molar-refractivity contribution in [1.29, 1.82) is 0 Å². The molecule has 1 aliphatic heterocycles. The second kappa shape index (κ2) is 12.0. The van der Waals surface area contributed by atoms with Crippen LogP contribution in [0.2, 0.25) is 0 Å². The molecule has 9 nitrogen and oxygen atoms in total. The summed E-state index contributed by atoms with van der Waals surface area (Å²) in [6.45, 7) is 8.28. The summed E-state index contributed by atoms with van der Waals surface area (Å²) in [7, 11) is 0. The van der Waals surface area contributed by atoms with E-state index in [1.54, 1.807) is 17.0 Å². The van der Waals surface area contributed by atoms with Gasteiger partial charge >= 0.3 is 12.1 Å². The molecule has 1 aliphatic rings. The van der Waals surface area contributed by atoms with Crippen molar-refractivity contribution in [3.05, 3.63) is 54.3 Å². The Bertz CT molecular complexity index is 1020. The summed E-state index contributed by atoms with van der Waals surface area (Å²) in [5.41, 5.74) is 1.78. The molecule has 0 saturated carbocycles. The van der Waals surface area contributed by atoms with Crippen LogP contribution in [0.3, 0.4) is 0 Å². The van der Waals surface area contributed by atoms with Crippen molar-refractivity contribution in [3.63, 3.8) is 0 Å². The minimum Gasteiger partial charge on any atom is -0.368 e. The maximum atomic E-state index is 13.8. The van der Waals surface area contributed by atoms with Gasteiger partial charge in [0, 0.05) is 50.1 Å². The highest BCUT2D eigenvalue weighted by atomic mass is 19.1. The SMILES string of the molecule is CCNC(=O)N(CC(=O)Nc1ccc(N2CCN(C(=O)Nc3ccccc3F)CC2)cc1)C(C)C. The number of benzene rings is 2. The van der Waals surface area contributed by atoms with E-state index < -0.39 is 5.82 Å². The minimum atomic E-state index is -0.465. The van der Waals surface area contributed by atoms with Gasteiger partial charge < -0.3 is 30.7 Å². The van der Waals surface area contributed by atoms with E-state index in [2.05, 4.69) is 20.9 Å². The van der Waals surface area contributed by atoms with Crippen LogP contribution in [-0.2, 0) is 4.79 Å². The second-order valence-corrected chi connectivity index (χ2v) is 8.54. The molecule has 0 radical (unpaired) electrons. The van der Waals surface area contributed by atoms with Gasteiger partial charge in [0.1, 0.15) is 12.4 Å². The van der Waals surface area contributed by atoms with Crippen LogP contribution < -0.4 is 20.9 Å². The van der Waals surface area contributed by atoms with Crippen LogP contribution in [0.4, 0.5) is 31.0 Å². The van der Waals surface area contributed by atoms with Crippen molar-refractivity contribution >= 4 is 35.0 Å². The molecule has 5 amide bonds. The number of carbonyl (C=O) groups excluding carboxylic acids is 3. The smallest absolute Gasteiger partial charge is 0.322 e. The number of rotatable bonds is 7. The lowest BCUT2D eigenvalue weighted by atomic mass is 10.2. The Morgan fingerprint density at radius 1 is 0.971 bits per heavy atom. The molecule has 1 fully saturated rings. The fourth-order valence-electron chi connectivity index (χ4n) is 3.78. The van der Waals surface area contributed by atoms with Crippen LogP contribution in [-0.4, -0.2) is 73.1 Å². The number of hydrogen-bond acceptors (Lipinski definition) is 4. The number of urea groups is 2. The van der Waals surface area contributed by atoms with Crippen LogP contribution in [0.25, 0.3) is 0 Å². The van der Waals surface area contributed by atoms with Crippen molar-refractivity contribution in [1.82, 2.24) is 15.1 Å². The molecule has 0 aromatic heterocycles. The van der Waals surface area contributed by atoms with Crippen LogP contribution in [0, 0.1) is 5.82 Å². The zero-order valence-corrected chi connectivity index (χ0v) is 20.4. The molecule has 3 rings (SSSR count). The maximum Gasteiger partial charge on any atom is 0.322 e. The Labute approximate surface area is 205 Å². The van der Waals surface area contributed by atoms with Gasteiger partial charge in [-0.3, -0.25) is 4.79 Å². The van der Waals surface area contributed by atoms with Gasteiger partial charge in [-0.25, -0.2) is 14.0 Å². The van der Waals surface area contributed by atoms with Gasteiger partial charge in [-0.05, 0) is 57.2 Å². The van der Waals surface area contributed by atoms with Gasteiger partial charge in [0.2, 0.25) is 5.91 Å². The summed E-state index contributed by atoms with van der Waals surface area (Å²) in [6, 6.07) is 12.8. The quantitative estimate of drug-likeness (QED) is 0.560. The van der Waals surface area contributed by atoms with Gasteiger partial charge in [0.25, 0.3) is 0 Å². The van der Waals surface area contributed by atoms with Crippen LogP contribution in [0.5, 0.6) is 0 Å². The molecule has 0 aliphatic carbocycles. The standard InChI is InChI=1S/C25H33FN6O3/c1-4-27-24(34)32(18(2)3)17-23(33)28-19-9-11-20(12-10-19)30-13-15-31(16-14-30)25(35)29-22-8-6-5-7-21(22)26/h5-12,18H,4,13-17H2,1-3H3,(H,27,34)(H,28,33)(H,29,35). The van der Waals surface area contributed by atoms with E-state index in [-0.39, 0.29) is 36.2 Å². The first-order valence-electron chi connectivity index (χ1n) is 11.8. The molecule has 2 aromatic rings. The third kappa shape index (κ3) is 7.08. The molecule has 2 aromatic carbocycles. The molecular formula is C25H33FN6O3. The number of hydrogen-bond donors (Lipinski definition) is 3. The molecule has 0 unspecified atom stereocenters. The maximum absolute atomic E-state index is 13.8. The highest BCUT2D eigenvalue weighted by molar-refractivity contribution is 5.94. The zero-order valence-electron chi connectivity index (χ0n) is 20.4. The molecule has 0 bridgehead atoms.